The number of aromatic amines is 1. The summed E-state index contributed by atoms with van der Waals surface area (Å²) in [6.45, 7) is 0. The zero-order valence-corrected chi connectivity index (χ0v) is 12.3. The predicted molar refractivity (Wildman–Crippen MR) is 83.1 cm³/mol. The number of hydrogen-bond acceptors (Lipinski definition) is 4. The number of aryl methyl sites for hydroxylation is 1. The average molecular weight is 298 g/mol. The first-order valence-corrected chi connectivity index (χ1v) is 7.46. The van der Waals surface area contributed by atoms with Crippen LogP contribution >= 0.6 is 11.8 Å². The van der Waals surface area contributed by atoms with Gasteiger partial charge in [-0.2, -0.15) is 5.10 Å². The van der Waals surface area contributed by atoms with Gasteiger partial charge in [-0.05, 0) is 12.1 Å². The van der Waals surface area contributed by atoms with E-state index < -0.39 is 0 Å². The monoisotopic (exact) mass is 298 g/mol. The summed E-state index contributed by atoms with van der Waals surface area (Å²) in [6, 6.07) is 11.5. The Morgan fingerprint density at radius 3 is 2.81 bits per heavy atom. The van der Waals surface area contributed by atoms with Crippen LogP contribution in [0.5, 0.6) is 0 Å². The molecule has 0 radical (unpaired) electrons. The quantitative estimate of drug-likeness (QED) is 0.752. The molecule has 21 heavy (non-hydrogen) atoms. The molecule has 3 rings (SSSR count). The van der Waals surface area contributed by atoms with Crippen LogP contribution in [0.2, 0.25) is 0 Å². The molecule has 6 heteroatoms. The van der Waals surface area contributed by atoms with Crippen LogP contribution in [0.15, 0.2) is 58.5 Å². The minimum absolute atomic E-state index is 0.146. The number of thioether (sulfide) groups is 1. The van der Waals surface area contributed by atoms with E-state index in [4.69, 9.17) is 0 Å². The molecule has 0 aliphatic carbocycles. The zero-order chi connectivity index (χ0) is 14.7. The summed E-state index contributed by atoms with van der Waals surface area (Å²) in [6.07, 6.45) is 3.55. The third-order valence-electron chi connectivity index (χ3n) is 2.91. The van der Waals surface area contributed by atoms with Crippen LogP contribution in [0, 0.1) is 0 Å². The molecule has 0 amide bonds. The predicted octanol–water partition coefficient (Wildman–Crippen LogP) is 2.46. The molecule has 0 atom stereocenters. The van der Waals surface area contributed by atoms with Gasteiger partial charge in [-0.25, -0.2) is 4.98 Å². The summed E-state index contributed by atoms with van der Waals surface area (Å²) in [7, 11) is 1.84. The molecule has 106 valence electrons. The van der Waals surface area contributed by atoms with Gasteiger partial charge in [0.05, 0.1) is 17.6 Å². The largest absolute Gasteiger partial charge is 0.310 e. The van der Waals surface area contributed by atoms with E-state index in [2.05, 4.69) is 15.1 Å². The molecule has 0 unspecified atom stereocenters. The molecule has 2 heterocycles. The molecular formula is C15H14N4OS. The second-order valence-electron chi connectivity index (χ2n) is 4.58. The van der Waals surface area contributed by atoms with E-state index in [1.54, 1.807) is 22.6 Å². The third kappa shape index (κ3) is 3.41. The second-order valence-corrected chi connectivity index (χ2v) is 5.63. The SMILES string of the molecule is Cn1cc(-c2cc(=O)[nH]c(CSc3ccccc3)n2)cn1. The van der Waals surface area contributed by atoms with E-state index in [1.165, 1.54) is 6.07 Å². The lowest BCUT2D eigenvalue weighted by molar-refractivity contribution is 0.768. The molecule has 0 aliphatic heterocycles. The second kappa shape index (κ2) is 5.97. The molecule has 3 aromatic rings. The van der Waals surface area contributed by atoms with Crippen molar-refractivity contribution in [3.63, 3.8) is 0 Å². The number of hydrogen-bond donors (Lipinski definition) is 1. The maximum absolute atomic E-state index is 11.8. The maximum Gasteiger partial charge on any atom is 0.251 e. The number of nitrogens with one attached hydrogen (secondary N) is 1. The van der Waals surface area contributed by atoms with Crippen molar-refractivity contribution in [3.05, 3.63) is 65.0 Å². The van der Waals surface area contributed by atoms with Crippen LogP contribution in [0.1, 0.15) is 5.82 Å². The standard InChI is InChI=1S/C15H14N4OS/c1-19-9-11(8-16-19)13-7-15(20)18-14(17-13)10-21-12-5-3-2-4-6-12/h2-9H,10H2,1H3,(H,17,18,20). The Balaban J connectivity index is 1.83. The summed E-state index contributed by atoms with van der Waals surface area (Å²) in [5.41, 5.74) is 1.34. The van der Waals surface area contributed by atoms with Gasteiger partial charge in [0.25, 0.3) is 5.56 Å². The Morgan fingerprint density at radius 2 is 2.10 bits per heavy atom. The Hall–Kier alpha value is -2.34. The number of rotatable bonds is 4. The highest BCUT2D eigenvalue weighted by Crippen LogP contribution is 2.21. The molecule has 0 saturated heterocycles. The van der Waals surface area contributed by atoms with Gasteiger partial charge in [-0.1, -0.05) is 18.2 Å². The van der Waals surface area contributed by atoms with Gasteiger partial charge >= 0.3 is 0 Å². The fourth-order valence-corrected chi connectivity index (χ4v) is 2.74. The number of H-pyrrole nitrogens is 1. The summed E-state index contributed by atoms with van der Waals surface area (Å²) < 4.78 is 1.69. The van der Waals surface area contributed by atoms with Gasteiger partial charge in [0.2, 0.25) is 0 Å². The van der Waals surface area contributed by atoms with Gasteiger partial charge in [0.15, 0.2) is 0 Å². The summed E-state index contributed by atoms with van der Waals surface area (Å²) in [5.74, 6) is 1.28. The van der Waals surface area contributed by atoms with E-state index in [1.807, 2.05) is 43.6 Å². The lowest BCUT2D eigenvalue weighted by Crippen LogP contribution is -2.10. The first-order chi connectivity index (χ1) is 10.2. The van der Waals surface area contributed by atoms with Crippen LogP contribution in [0.25, 0.3) is 11.3 Å². The van der Waals surface area contributed by atoms with E-state index >= 15 is 0 Å². The molecular weight excluding hydrogens is 284 g/mol. The van der Waals surface area contributed by atoms with Crippen molar-refractivity contribution in [2.24, 2.45) is 7.05 Å². The van der Waals surface area contributed by atoms with Gasteiger partial charge in [0, 0.05) is 29.8 Å². The molecule has 0 saturated carbocycles. The van der Waals surface area contributed by atoms with Crippen LogP contribution in [-0.2, 0) is 12.8 Å². The number of nitrogens with zero attached hydrogens (tertiary/aromatic N) is 3. The summed E-state index contributed by atoms with van der Waals surface area (Å²) in [5, 5.41) is 4.11. The molecule has 1 aromatic carbocycles. The van der Waals surface area contributed by atoms with Crippen molar-refractivity contribution >= 4 is 11.8 Å². The first kappa shape index (κ1) is 13.6. The highest BCUT2D eigenvalue weighted by Gasteiger charge is 2.06. The minimum atomic E-state index is -0.146. The fourth-order valence-electron chi connectivity index (χ4n) is 1.95. The van der Waals surface area contributed by atoms with Gasteiger partial charge in [-0.15, -0.1) is 11.8 Å². The topological polar surface area (TPSA) is 63.6 Å². The Morgan fingerprint density at radius 1 is 1.29 bits per heavy atom. The Bertz CT molecular complexity index is 795. The van der Waals surface area contributed by atoms with Crippen molar-refractivity contribution < 1.29 is 0 Å². The average Bonchev–Trinajstić information content (AvgIpc) is 2.92. The van der Waals surface area contributed by atoms with Crippen molar-refractivity contribution in [1.82, 2.24) is 19.7 Å². The van der Waals surface area contributed by atoms with Crippen molar-refractivity contribution in [3.8, 4) is 11.3 Å². The lowest BCUT2D eigenvalue weighted by Gasteiger charge is -2.03. The van der Waals surface area contributed by atoms with Gasteiger partial charge in [0.1, 0.15) is 5.82 Å². The number of aromatic nitrogens is 4. The molecule has 5 nitrogen and oxygen atoms in total. The molecule has 0 bridgehead atoms. The van der Waals surface area contributed by atoms with Crippen LogP contribution in [-0.4, -0.2) is 19.7 Å². The normalized spacial score (nSPS) is 10.7. The number of benzene rings is 1. The third-order valence-corrected chi connectivity index (χ3v) is 3.93. The molecule has 1 N–H and O–H groups in total. The Labute approximate surface area is 126 Å². The van der Waals surface area contributed by atoms with Crippen LogP contribution in [0.4, 0.5) is 0 Å². The van der Waals surface area contributed by atoms with Gasteiger partial charge in [-0.3, -0.25) is 9.48 Å². The molecule has 2 aromatic heterocycles. The van der Waals surface area contributed by atoms with E-state index in [-0.39, 0.29) is 5.56 Å². The first-order valence-electron chi connectivity index (χ1n) is 6.48. The van der Waals surface area contributed by atoms with Crippen LogP contribution < -0.4 is 5.56 Å². The lowest BCUT2D eigenvalue weighted by atomic mass is 10.2. The highest BCUT2D eigenvalue weighted by atomic mass is 32.2. The zero-order valence-electron chi connectivity index (χ0n) is 11.5. The van der Waals surface area contributed by atoms with Crippen molar-refractivity contribution in [2.45, 2.75) is 10.6 Å². The van der Waals surface area contributed by atoms with E-state index in [0.29, 0.717) is 17.3 Å². The Kier molecular flexibility index (Phi) is 3.87. The van der Waals surface area contributed by atoms with Crippen molar-refractivity contribution in [1.29, 1.82) is 0 Å². The smallest absolute Gasteiger partial charge is 0.251 e. The van der Waals surface area contributed by atoms with E-state index in [9.17, 15) is 4.79 Å². The molecule has 0 fully saturated rings. The summed E-state index contributed by atoms with van der Waals surface area (Å²) >= 11 is 1.64. The highest BCUT2D eigenvalue weighted by molar-refractivity contribution is 7.98. The summed E-state index contributed by atoms with van der Waals surface area (Å²) in [4.78, 5) is 20.2. The fraction of sp³-hybridized carbons (Fsp3) is 0.133. The molecule has 0 spiro atoms. The van der Waals surface area contributed by atoms with Crippen molar-refractivity contribution in [2.75, 3.05) is 0 Å². The minimum Gasteiger partial charge on any atom is -0.310 e. The van der Waals surface area contributed by atoms with E-state index in [0.717, 1.165) is 10.5 Å². The van der Waals surface area contributed by atoms with Gasteiger partial charge < -0.3 is 4.98 Å². The van der Waals surface area contributed by atoms with Crippen LogP contribution in [0.3, 0.4) is 0 Å². The maximum atomic E-state index is 11.8. The molecule has 0 aliphatic rings.